The summed E-state index contributed by atoms with van der Waals surface area (Å²) in [6.07, 6.45) is 0.459. The van der Waals surface area contributed by atoms with Gasteiger partial charge in [-0.05, 0) is 39.3 Å². The van der Waals surface area contributed by atoms with Crippen molar-refractivity contribution in [2.75, 3.05) is 24.6 Å². The fourth-order valence-corrected chi connectivity index (χ4v) is 2.82. The van der Waals surface area contributed by atoms with E-state index in [4.69, 9.17) is 9.84 Å². The summed E-state index contributed by atoms with van der Waals surface area (Å²) in [7, 11) is 0. The highest BCUT2D eigenvalue weighted by Crippen LogP contribution is 2.33. The minimum Gasteiger partial charge on any atom is -0.492 e. The van der Waals surface area contributed by atoms with E-state index in [1.165, 1.54) is 0 Å². The third kappa shape index (κ3) is 4.53. The van der Waals surface area contributed by atoms with Crippen LogP contribution in [0.25, 0.3) is 0 Å². The van der Waals surface area contributed by atoms with Crippen molar-refractivity contribution in [2.45, 2.75) is 33.6 Å². The van der Waals surface area contributed by atoms with Gasteiger partial charge in [-0.1, -0.05) is 12.1 Å². The molecule has 7 heteroatoms. The number of nitrogens with zero attached hydrogens (tertiary/aromatic N) is 1. The summed E-state index contributed by atoms with van der Waals surface area (Å²) in [5.41, 5.74) is -0.233. The zero-order valence-electron chi connectivity index (χ0n) is 15.4. The van der Waals surface area contributed by atoms with Gasteiger partial charge in [0, 0.05) is 19.5 Å². The number of carboxylic acids is 1. The summed E-state index contributed by atoms with van der Waals surface area (Å²) < 4.78 is 5.57. The summed E-state index contributed by atoms with van der Waals surface area (Å²) in [6.45, 7) is 6.15. The van der Waals surface area contributed by atoms with Gasteiger partial charge in [-0.3, -0.25) is 14.4 Å². The van der Waals surface area contributed by atoms with E-state index in [-0.39, 0.29) is 31.3 Å². The number of hydrogen-bond acceptors (Lipinski definition) is 4. The molecule has 1 unspecified atom stereocenters. The van der Waals surface area contributed by atoms with Gasteiger partial charge in [0.1, 0.15) is 5.75 Å². The Kier molecular flexibility index (Phi) is 6.23. The lowest BCUT2D eigenvalue weighted by atomic mass is 9.89. The van der Waals surface area contributed by atoms with Crippen molar-refractivity contribution in [1.29, 1.82) is 0 Å². The predicted molar refractivity (Wildman–Crippen MR) is 97.1 cm³/mol. The molecule has 1 atom stereocenters. The van der Waals surface area contributed by atoms with Gasteiger partial charge in [-0.15, -0.1) is 0 Å². The first kappa shape index (κ1) is 19.8. The van der Waals surface area contributed by atoms with E-state index >= 15 is 0 Å². The van der Waals surface area contributed by atoms with E-state index in [0.717, 1.165) is 0 Å². The Hall–Kier alpha value is -2.57. The largest absolute Gasteiger partial charge is 0.492 e. The number of hydrogen-bond donors (Lipinski definition) is 2. The number of amides is 2. The fourth-order valence-electron chi connectivity index (χ4n) is 2.82. The lowest BCUT2D eigenvalue weighted by Gasteiger charge is -2.21. The second-order valence-electron chi connectivity index (χ2n) is 7.04. The van der Waals surface area contributed by atoms with E-state index in [0.29, 0.717) is 24.5 Å². The normalized spacial score (nSPS) is 17.3. The van der Waals surface area contributed by atoms with Crippen LogP contribution in [0.3, 0.4) is 0 Å². The molecular weight excluding hydrogens is 336 g/mol. The van der Waals surface area contributed by atoms with Crippen molar-refractivity contribution in [1.82, 2.24) is 5.32 Å². The molecule has 1 aliphatic heterocycles. The number of carboxylic acid groups (broad SMARTS) is 1. The summed E-state index contributed by atoms with van der Waals surface area (Å²) in [6, 6.07) is 7.27. The number of benzene rings is 1. The van der Waals surface area contributed by atoms with Crippen molar-refractivity contribution in [2.24, 2.45) is 11.3 Å². The minimum absolute atomic E-state index is 0.122. The number of nitrogens with one attached hydrogen (secondary N) is 1. The SMILES string of the molecule is CCOc1ccccc1N1CC(C(=O)NCCC(C)(C)C(=O)O)CC1=O. The van der Waals surface area contributed by atoms with Crippen molar-refractivity contribution in [3.8, 4) is 5.75 Å². The number of carbonyl (C=O) groups is 3. The highest BCUT2D eigenvalue weighted by Gasteiger charge is 2.36. The molecule has 26 heavy (non-hydrogen) atoms. The van der Waals surface area contributed by atoms with Crippen LogP contribution in [0.15, 0.2) is 24.3 Å². The highest BCUT2D eigenvalue weighted by molar-refractivity contribution is 6.01. The van der Waals surface area contributed by atoms with Crippen LogP contribution >= 0.6 is 0 Å². The van der Waals surface area contributed by atoms with Gasteiger partial charge < -0.3 is 20.1 Å². The minimum atomic E-state index is -0.902. The van der Waals surface area contributed by atoms with Gasteiger partial charge in [0.2, 0.25) is 11.8 Å². The van der Waals surface area contributed by atoms with E-state index in [9.17, 15) is 14.4 Å². The van der Waals surface area contributed by atoms with Gasteiger partial charge in [-0.2, -0.15) is 0 Å². The Morgan fingerprint density at radius 2 is 2.04 bits per heavy atom. The molecule has 0 bridgehead atoms. The maximum Gasteiger partial charge on any atom is 0.309 e. The standard InChI is InChI=1S/C19H26N2O5/c1-4-26-15-8-6-5-7-14(15)21-12-13(11-16(21)22)17(23)20-10-9-19(2,3)18(24)25/h5-8,13H,4,9-12H2,1-3H3,(H,20,23)(H,24,25). The highest BCUT2D eigenvalue weighted by atomic mass is 16.5. The van der Waals surface area contributed by atoms with Gasteiger partial charge in [0.25, 0.3) is 0 Å². The van der Waals surface area contributed by atoms with Crippen molar-refractivity contribution >= 4 is 23.5 Å². The molecule has 142 valence electrons. The summed E-state index contributed by atoms with van der Waals surface area (Å²) in [5.74, 6) is -1.08. The molecular formula is C19H26N2O5. The van der Waals surface area contributed by atoms with Gasteiger partial charge >= 0.3 is 5.97 Å². The molecule has 1 aliphatic rings. The average molecular weight is 362 g/mol. The number of anilines is 1. The molecule has 2 amide bonds. The molecule has 1 fully saturated rings. The lowest BCUT2D eigenvalue weighted by Crippen LogP contribution is -2.36. The summed E-state index contributed by atoms with van der Waals surface area (Å²) in [5, 5.41) is 11.9. The number of carbonyl (C=O) groups excluding carboxylic acids is 2. The predicted octanol–water partition coefficient (Wildman–Crippen LogP) is 2.06. The van der Waals surface area contributed by atoms with E-state index in [2.05, 4.69) is 5.32 Å². The third-order valence-electron chi connectivity index (χ3n) is 4.58. The zero-order valence-corrected chi connectivity index (χ0v) is 15.4. The number of aliphatic carboxylic acids is 1. The molecule has 1 heterocycles. The topological polar surface area (TPSA) is 95.9 Å². The van der Waals surface area contributed by atoms with Crippen LogP contribution in [0.2, 0.25) is 0 Å². The zero-order chi connectivity index (χ0) is 19.3. The number of rotatable bonds is 8. The maximum atomic E-state index is 12.4. The van der Waals surface area contributed by atoms with Crippen LogP contribution in [-0.2, 0) is 14.4 Å². The van der Waals surface area contributed by atoms with Crippen molar-refractivity contribution in [3.63, 3.8) is 0 Å². The van der Waals surface area contributed by atoms with E-state index < -0.39 is 17.3 Å². The Labute approximate surface area is 153 Å². The second kappa shape index (κ2) is 8.21. The van der Waals surface area contributed by atoms with E-state index in [1.807, 2.05) is 19.1 Å². The Balaban J connectivity index is 1.97. The molecule has 1 aromatic rings. The molecule has 0 spiro atoms. The Bertz CT molecular complexity index is 686. The van der Waals surface area contributed by atoms with Crippen molar-refractivity contribution < 1.29 is 24.2 Å². The van der Waals surface area contributed by atoms with Crippen LogP contribution < -0.4 is 15.0 Å². The Morgan fingerprint density at radius 3 is 2.69 bits per heavy atom. The summed E-state index contributed by atoms with van der Waals surface area (Å²) in [4.78, 5) is 37.4. The van der Waals surface area contributed by atoms with E-state index in [1.54, 1.807) is 30.9 Å². The monoisotopic (exact) mass is 362 g/mol. The molecule has 2 N–H and O–H groups in total. The Morgan fingerprint density at radius 1 is 1.35 bits per heavy atom. The first-order chi connectivity index (χ1) is 12.3. The molecule has 0 aliphatic carbocycles. The third-order valence-corrected chi connectivity index (χ3v) is 4.58. The van der Waals surface area contributed by atoms with Crippen LogP contribution in [0.4, 0.5) is 5.69 Å². The van der Waals surface area contributed by atoms with Crippen LogP contribution in [-0.4, -0.2) is 42.6 Å². The second-order valence-corrected chi connectivity index (χ2v) is 7.04. The number of ether oxygens (including phenoxy) is 1. The molecule has 7 nitrogen and oxygen atoms in total. The molecule has 1 aromatic carbocycles. The van der Waals surface area contributed by atoms with Crippen LogP contribution in [0.5, 0.6) is 5.75 Å². The average Bonchev–Trinajstić information content (AvgIpc) is 2.97. The molecule has 0 aromatic heterocycles. The maximum absolute atomic E-state index is 12.4. The van der Waals surface area contributed by atoms with Gasteiger partial charge in [0.15, 0.2) is 0 Å². The quantitative estimate of drug-likeness (QED) is 0.738. The fraction of sp³-hybridized carbons (Fsp3) is 0.526. The lowest BCUT2D eigenvalue weighted by molar-refractivity contribution is -0.147. The number of para-hydroxylation sites is 2. The molecule has 2 rings (SSSR count). The molecule has 0 radical (unpaired) electrons. The molecule has 1 saturated heterocycles. The molecule has 0 saturated carbocycles. The van der Waals surface area contributed by atoms with Crippen LogP contribution in [0.1, 0.15) is 33.6 Å². The van der Waals surface area contributed by atoms with Gasteiger partial charge in [0.05, 0.1) is 23.6 Å². The van der Waals surface area contributed by atoms with Crippen molar-refractivity contribution in [3.05, 3.63) is 24.3 Å². The van der Waals surface area contributed by atoms with Gasteiger partial charge in [-0.25, -0.2) is 0 Å². The smallest absolute Gasteiger partial charge is 0.309 e. The first-order valence-electron chi connectivity index (χ1n) is 8.79. The first-order valence-corrected chi connectivity index (χ1v) is 8.79. The van der Waals surface area contributed by atoms with Crippen LogP contribution in [0, 0.1) is 11.3 Å². The summed E-state index contributed by atoms with van der Waals surface area (Å²) >= 11 is 0.